The zero-order valence-corrected chi connectivity index (χ0v) is 33.4. The molecule has 6 rings (SSSR count). The number of ether oxygens (including phenoxy) is 4. The van der Waals surface area contributed by atoms with Gasteiger partial charge in [-0.1, -0.05) is 54.8 Å². The molecule has 2 aliphatic heterocycles. The Hall–Kier alpha value is -4.62. The molecule has 2 atom stereocenters. The van der Waals surface area contributed by atoms with Crippen LogP contribution >= 0.6 is 11.6 Å². The van der Waals surface area contributed by atoms with Crippen LogP contribution in [-0.2, 0) is 29.3 Å². The average molecular weight is 765 g/mol. The number of aromatic nitrogens is 1. The molecule has 4 aromatic rings. The van der Waals surface area contributed by atoms with Crippen LogP contribution in [0.4, 0.5) is 0 Å². The molecule has 0 bridgehead atoms. The van der Waals surface area contributed by atoms with E-state index in [0.717, 1.165) is 96.6 Å². The predicted octanol–water partition coefficient (Wildman–Crippen LogP) is 9.22. The average Bonchev–Trinajstić information content (AvgIpc) is 3.20. The maximum Gasteiger partial charge on any atom is 0.323 e. The first-order chi connectivity index (χ1) is 26.7. The molecule has 290 valence electrons. The van der Waals surface area contributed by atoms with Crippen molar-refractivity contribution in [3.63, 3.8) is 0 Å². The van der Waals surface area contributed by atoms with E-state index in [0.29, 0.717) is 41.3 Å². The van der Waals surface area contributed by atoms with Gasteiger partial charge in [-0.3, -0.25) is 19.6 Å². The highest BCUT2D eigenvalue weighted by Crippen LogP contribution is 2.37. The molecule has 55 heavy (non-hydrogen) atoms. The van der Waals surface area contributed by atoms with E-state index in [1.807, 2.05) is 24.3 Å². The Morgan fingerprint density at radius 2 is 1.60 bits per heavy atom. The third-order valence-electron chi connectivity index (χ3n) is 11.1. The van der Waals surface area contributed by atoms with E-state index < -0.39 is 0 Å². The van der Waals surface area contributed by atoms with Gasteiger partial charge in [0.05, 0.1) is 24.3 Å². The van der Waals surface area contributed by atoms with Crippen molar-refractivity contribution >= 4 is 17.6 Å². The van der Waals surface area contributed by atoms with E-state index in [1.165, 1.54) is 26.4 Å². The number of carbonyl (C=O) groups is 1. The first-order valence-electron chi connectivity index (χ1n) is 19.5. The van der Waals surface area contributed by atoms with Crippen LogP contribution in [0.2, 0.25) is 5.02 Å². The van der Waals surface area contributed by atoms with E-state index in [4.69, 9.17) is 30.5 Å². The number of halogens is 1. The molecule has 3 aromatic carbocycles. The second-order valence-corrected chi connectivity index (χ2v) is 15.2. The van der Waals surface area contributed by atoms with Gasteiger partial charge in [0.2, 0.25) is 0 Å². The van der Waals surface area contributed by atoms with Crippen molar-refractivity contribution in [3.8, 4) is 34.4 Å². The highest BCUT2D eigenvalue weighted by atomic mass is 35.5. The quantitative estimate of drug-likeness (QED) is 0.0867. The van der Waals surface area contributed by atoms with Gasteiger partial charge < -0.3 is 18.9 Å². The number of methoxy groups -OCH3 is 1. The molecule has 2 fully saturated rings. The lowest BCUT2D eigenvalue weighted by molar-refractivity contribution is -0.148. The Morgan fingerprint density at radius 1 is 0.855 bits per heavy atom. The van der Waals surface area contributed by atoms with E-state index in [2.05, 4.69) is 65.9 Å². The third kappa shape index (κ3) is 10.2. The maximum atomic E-state index is 12.3. The first kappa shape index (κ1) is 40.1. The summed E-state index contributed by atoms with van der Waals surface area (Å²) < 4.78 is 24.2. The monoisotopic (exact) mass is 764 g/mol. The second kappa shape index (κ2) is 19.3. The first-order valence-corrected chi connectivity index (χ1v) is 19.9. The molecule has 0 N–H and O–H groups in total. The molecule has 3 heterocycles. The summed E-state index contributed by atoms with van der Waals surface area (Å²) in [7, 11) is 1.47. The van der Waals surface area contributed by atoms with Gasteiger partial charge in [-0.15, -0.1) is 0 Å². The molecule has 0 aliphatic carbocycles. The molecular formula is C45H53ClN4O5. The number of hydrogen-bond donors (Lipinski definition) is 0. The van der Waals surface area contributed by atoms with Crippen LogP contribution in [0, 0.1) is 25.2 Å². The number of esters is 1. The summed E-state index contributed by atoms with van der Waals surface area (Å²) in [5.74, 6) is 1.97. The normalized spacial score (nSPS) is 17.7. The lowest BCUT2D eigenvalue weighted by Crippen LogP contribution is -2.45. The molecule has 0 radical (unpaired) electrons. The van der Waals surface area contributed by atoms with Gasteiger partial charge in [0.25, 0.3) is 0 Å². The number of hydrogen-bond acceptors (Lipinski definition) is 9. The summed E-state index contributed by atoms with van der Waals surface area (Å²) in [6.45, 7) is 11.1. The highest BCUT2D eigenvalue weighted by Gasteiger charge is 2.29. The van der Waals surface area contributed by atoms with E-state index >= 15 is 0 Å². The fraction of sp³-hybridized carbons (Fsp3) is 0.444. The number of carbonyl (C=O) groups excluding carboxylic acids is 1. The number of nitrogens with zero attached hydrogens (tertiary/aromatic N) is 4. The van der Waals surface area contributed by atoms with Gasteiger partial charge in [-0.2, -0.15) is 5.26 Å². The molecule has 0 saturated carbocycles. The molecule has 0 amide bonds. The Bertz CT molecular complexity index is 1980. The van der Waals surface area contributed by atoms with Crippen molar-refractivity contribution in [2.45, 2.75) is 97.6 Å². The smallest absolute Gasteiger partial charge is 0.323 e. The Kier molecular flexibility index (Phi) is 14.1. The van der Waals surface area contributed by atoms with E-state index in [1.54, 1.807) is 18.5 Å². The summed E-state index contributed by atoms with van der Waals surface area (Å²) >= 11 is 6.93. The number of piperidine rings is 2. The lowest BCUT2D eigenvalue weighted by Gasteiger charge is -2.33. The summed E-state index contributed by atoms with van der Waals surface area (Å²) in [6, 6.07) is 20.6. The van der Waals surface area contributed by atoms with Crippen molar-refractivity contribution in [3.05, 3.63) is 105 Å². The molecule has 0 unspecified atom stereocenters. The largest absolute Gasteiger partial charge is 0.493 e. The van der Waals surface area contributed by atoms with Crippen LogP contribution < -0.4 is 14.2 Å². The summed E-state index contributed by atoms with van der Waals surface area (Å²) in [5.41, 5.74) is 7.79. The maximum absolute atomic E-state index is 12.3. The van der Waals surface area contributed by atoms with Crippen LogP contribution in [0.25, 0.3) is 11.1 Å². The number of likely N-dealkylation sites (tertiary alicyclic amines) is 2. The fourth-order valence-electron chi connectivity index (χ4n) is 7.81. The van der Waals surface area contributed by atoms with Gasteiger partial charge in [-0.05, 0) is 112 Å². The van der Waals surface area contributed by atoms with E-state index in [-0.39, 0.29) is 18.6 Å². The standard InChI is InChI=1S/C45H53ClN4O5/c1-31-12-5-7-19-50(31)28-37-23-40(46)44(24-43(37)54-29-35-22-34(25-47)26-48-27-35)55-30-36-13-9-14-38(32(36)2)39-15-10-17-42(33(39)3)53-21-11-20-49-18-8-6-16-41(49)45(51)52-4/h9-10,13-15,17,22-24,26-27,31,41H,5-8,11-12,16,18-21,28-30H2,1-4H3/t31-,41+/m1/s1. The molecule has 2 saturated heterocycles. The van der Waals surface area contributed by atoms with Crippen molar-refractivity contribution < 1.29 is 23.7 Å². The minimum absolute atomic E-state index is 0.140. The second-order valence-electron chi connectivity index (χ2n) is 14.8. The predicted molar refractivity (Wildman–Crippen MR) is 215 cm³/mol. The highest BCUT2D eigenvalue weighted by molar-refractivity contribution is 6.32. The van der Waals surface area contributed by atoms with Crippen LogP contribution in [0.5, 0.6) is 17.2 Å². The molecule has 1 aromatic heterocycles. The number of benzene rings is 3. The van der Waals surface area contributed by atoms with Crippen LogP contribution in [-0.4, -0.2) is 66.2 Å². The zero-order chi connectivity index (χ0) is 38.7. The Balaban J connectivity index is 1.15. The Labute approximate surface area is 331 Å². The Morgan fingerprint density at radius 3 is 2.38 bits per heavy atom. The zero-order valence-electron chi connectivity index (χ0n) is 32.6. The summed E-state index contributed by atoms with van der Waals surface area (Å²) in [6.07, 6.45) is 10.7. The van der Waals surface area contributed by atoms with Gasteiger partial charge >= 0.3 is 5.97 Å². The fourth-order valence-corrected chi connectivity index (χ4v) is 8.05. The SMILES string of the molecule is COC(=O)[C@@H]1CCCCN1CCCOc1cccc(-c2cccc(COc3cc(OCc4cncc(C#N)c4)c(CN4CCCC[C@H]4C)cc3Cl)c2C)c1C. The minimum atomic E-state index is -0.154. The lowest BCUT2D eigenvalue weighted by atomic mass is 9.93. The molecule has 10 heteroatoms. The van der Waals surface area contributed by atoms with Gasteiger partial charge in [0.1, 0.15) is 42.6 Å². The van der Waals surface area contributed by atoms with Gasteiger partial charge in [0, 0.05) is 48.7 Å². The summed E-state index contributed by atoms with van der Waals surface area (Å²) in [4.78, 5) is 21.2. The topological polar surface area (TPSA) is 97.1 Å². The minimum Gasteiger partial charge on any atom is -0.493 e. The molecule has 0 spiro atoms. The van der Waals surface area contributed by atoms with Gasteiger partial charge in [0.15, 0.2) is 0 Å². The molecule has 9 nitrogen and oxygen atoms in total. The number of rotatable bonds is 15. The van der Waals surface area contributed by atoms with Crippen LogP contribution in [0.1, 0.15) is 85.3 Å². The molecule has 2 aliphatic rings. The van der Waals surface area contributed by atoms with E-state index in [9.17, 15) is 10.1 Å². The third-order valence-corrected chi connectivity index (χ3v) is 11.4. The number of nitriles is 1. The van der Waals surface area contributed by atoms with Crippen molar-refractivity contribution in [1.29, 1.82) is 5.26 Å². The summed E-state index contributed by atoms with van der Waals surface area (Å²) in [5, 5.41) is 9.90. The van der Waals surface area contributed by atoms with Gasteiger partial charge in [-0.25, -0.2) is 0 Å². The van der Waals surface area contributed by atoms with Crippen molar-refractivity contribution in [2.75, 3.05) is 33.4 Å². The van der Waals surface area contributed by atoms with Crippen LogP contribution in [0.15, 0.2) is 67.0 Å². The van der Waals surface area contributed by atoms with Crippen molar-refractivity contribution in [1.82, 2.24) is 14.8 Å². The molecular weight excluding hydrogens is 712 g/mol. The van der Waals surface area contributed by atoms with Crippen LogP contribution in [0.3, 0.4) is 0 Å². The van der Waals surface area contributed by atoms with Crippen molar-refractivity contribution in [2.24, 2.45) is 0 Å². The number of pyridine rings is 1.